The Hall–Kier alpha value is -2.97. The molecule has 0 spiro atoms. The van der Waals surface area contributed by atoms with Gasteiger partial charge >= 0.3 is 0 Å². The summed E-state index contributed by atoms with van der Waals surface area (Å²) in [6, 6.07) is 11.3. The molecule has 0 N–H and O–H groups in total. The second kappa shape index (κ2) is 10.9. The Morgan fingerprint density at radius 1 is 0.935 bits per heavy atom. The molecular formula is C23H29NO7. The third-order valence-corrected chi connectivity index (χ3v) is 5.16. The number of nitrogens with zero attached hydrogens (tertiary/aromatic N) is 1. The van der Waals surface area contributed by atoms with Crippen molar-refractivity contribution >= 4 is 5.91 Å². The number of hydrogen-bond acceptors (Lipinski definition) is 7. The predicted octanol–water partition coefficient (Wildman–Crippen LogP) is 2.67. The standard InChI is InChI=1S/C23H29NO7/c1-26-18-7-5-16(11-20(18)27-2)9-10-24(14-23(28-3)29-4)22(25)13-17-6-8-19-21(12-17)31-15-30-19/h5-8,11-12,23H,9-10,13-15H2,1-4H3. The number of rotatable bonds is 11. The monoisotopic (exact) mass is 431 g/mol. The molecule has 0 aromatic heterocycles. The Kier molecular flexibility index (Phi) is 7.97. The van der Waals surface area contributed by atoms with Gasteiger partial charge in [-0.15, -0.1) is 0 Å². The van der Waals surface area contributed by atoms with E-state index in [1.807, 2.05) is 36.4 Å². The minimum Gasteiger partial charge on any atom is -0.493 e. The molecule has 8 heteroatoms. The Bertz CT molecular complexity index is 882. The fourth-order valence-electron chi connectivity index (χ4n) is 3.38. The van der Waals surface area contributed by atoms with Crippen LogP contribution in [0.2, 0.25) is 0 Å². The summed E-state index contributed by atoms with van der Waals surface area (Å²) < 4.78 is 32.1. The first kappa shape index (κ1) is 22.7. The van der Waals surface area contributed by atoms with Crippen LogP contribution < -0.4 is 18.9 Å². The highest BCUT2D eigenvalue weighted by atomic mass is 16.7. The van der Waals surface area contributed by atoms with E-state index in [2.05, 4.69) is 0 Å². The van der Waals surface area contributed by atoms with Gasteiger partial charge < -0.3 is 33.3 Å². The van der Waals surface area contributed by atoms with Crippen LogP contribution in [0.15, 0.2) is 36.4 Å². The molecule has 0 unspecified atom stereocenters. The highest BCUT2D eigenvalue weighted by molar-refractivity contribution is 5.79. The smallest absolute Gasteiger partial charge is 0.231 e. The molecule has 1 aliphatic rings. The molecule has 0 radical (unpaired) electrons. The van der Waals surface area contributed by atoms with Crippen molar-refractivity contribution in [3.8, 4) is 23.0 Å². The minimum absolute atomic E-state index is 0.0292. The quantitative estimate of drug-likeness (QED) is 0.506. The summed E-state index contributed by atoms with van der Waals surface area (Å²) in [5.41, 5.74) is 1.89. The minimum atomic E-state index is -0.508. The molecule has 0 aliphatic carbocycles. The van der Waals surface area contributed by atoms with Crippen LogP contribution in [-0.4, -0.2) is 65.4 Å². The zero-order chi connectivity index (χ0) is 22.2. The lowest BCUT2D eigenvalue weighted by atomic mass is 10.1. The number of amides is 1. The number of methoxy groups -OCH3 is 4. The maximum Gasteiger partial charge on any atom is 0.231 e. The fraction of sp³-hybridized carbons (Fsp3) is 0.435. The fourth-order valence-corrected chi connectivity index (χ4v) is 3.38. The predicted molar refractivity (Wildman–Crippen MR) is 114 cm³/mol. The largest absolute Gasteiger partial charge is 0.493 e. The van der Waals surface area contributed by atoms with Crippen molar-refractivity contribution in [1.29, 1.82) is 0 Å². The lowest BCUT2D eigenvalue weighted by molar-refractivity contribution is -0.144. The highest BCUT2D eigenvalue weighted by Crippen LogP contribution is 2.32. The van der Waals surface area contributed by atoms with Crippen LogP contribution >= 0.6 is 0 Å². The van der Waals surface area contributed by atoms with E-state index in [0.29, 0.717) is 42.5 Å². The van der Waals surface area contributed by atoms with E-state index in [9.17, 15) is 4.79 Å². The summed E-state index contributed by atoms with van der Waals surface area (Å²) in [5, 5.41) is 0. The molecule has 0 fully saturated rings. The lowest BCUT2D eigenvalue weighted by Gasteiger charge is -2.26. The van der Waals surface area contributed by atoms with Gasteiger partial charge in [0.15, 0.2) is 29.3 Å². The van der Waals surface area contributed by atoms with Crippen LogP contribution in [0, 0.1) is 0 Å². The van der Waals surface area contributed by atoms with Gasteiger partial charge in [-0.05, 0) is 41.8 Å². The normalized spacial score (nSPS) is 12.2. The molecule has 1 heterocycles. The molecule has 2 aromatic carbocycles. The van der Waals surface area contributed by atoms with Crippen molar-refractivity contribution in [3.05, 3.63) is 47.5 Å². The van der Waals surface area contributed by atoms with Gasteiger partial charge in [0.05, 0.1) is 27.2 Å². The summed E-state index contributed by atoms with van der Waals surface area (Å²) in [4.78, 5) is 14.9. The van der Waals surface area contributed by atoms with E-state index in [1.54, 1.807) is 33.3 Å². The molecule has 8 nitrogen and oxygen atoms in total. The van der Waals surface area contributed by atoms with Gasteiger partial charge in [-0.25, -0.2) is 0 Å². The van der Waals surface area contributed by atoms with E-state index >= 15 is 0 Å². The molecular weight excluding hydrogens is 402 g/mol. The second-order valence-electron chi connectivity index (χ2n) is 7.04. The molecule has 0 saturated carbocycles. The zero-order valence-corrected chi connectivity index (χ0v) is 18.4. The van der Waals surface area contributed by atoms with Crippen LogP contribution in [0.1, 0.15) is 11.1 Å². The van der Waals surface area contributed by atoms with E-state index in [1.165, 1.54) is 0 Å². The SMILES string of the molecule is COc1ccc(CCN(CC(OC)OC)C(=O)Cc2ccc3c(c2)OCO3)cc1OC. The topological polar surface area (TPSA) is 75.7 Å². The molecule has 31 heavy (non-hydrogen) atoms. The molecule has 2 aromatic rings. The van der Waals surface area contributed by atoms with Gasteiger partial charge in [-0.2, -0.15) is 0 Å². The van der Waals surface area contributed by atoms with Crippen molar-refractivity contribution in [2.75, 3.05) is 48.3 Å². The molecule has 0 bridgehead atoms. The van der Waals surface area contributed by atoms with Crippen molar-refractivity contribution in [2.24, 2.45) is 0 Å². The number of fused-ring (bicyclic) bond motifs is 1. The number of carbonyl (C=O) groups is 1. The maximum atomic E-state index is 13.1. The summed E-state index contributed by atoms with van der Waals surface area (Å²) in [7, 11) is 6.32. The van der Waals surface area contributed by atoms with E-state index < -0.39 is 6.29 Å². The van der Waals surface area contributed by atoms with Crippen LogP contribution in [0.3, 0.4) is 0 Å². The Morgan fingerprint density at radius 2 is 1.65 bits per heavy atom. The second-order valence-corrected chi connectivity index (χ2v) is 7.04. The van der Waals surface area contributed by atoms with Crippen LogP contribution in [0.5, 0.6) is 23.0 Å². The summed E-state index contributed by atoms with van der Waals surface area (Å²) in [6.07, 6.45) is 0.377. The summed E-state index contributed by atoms with van der Waals surface area (Å²) in [5.74, 6) is 2.65. The number of ether oxygens (including phenoxy) is 6. The average molecular weight is 431 g/mol. The molecule has 3 rings (SSSR count). The molecule has 0 atom stereocenters. The lowest BCUT2D eigenvalue weighted by Crippen LogP contribution is -2.41. The number of hydrogen-bond donors (Lipinski definition) is 0. The first-order valence-electron chi connectivity index (χ1n) is 10.0. The van der Waals surface area contributed by atoms with Crippen LogP contribution in [0.4, 0.5) is 0 Å². The summed E-state index contributed by atoms with van der Waals surface area (Å²) in [6.45, 7) is 1.03. The van der Waals surface area contributed by atoms with Crippen LogP contribution in [-0.2, 0) is 27.1 Å². The number of carbonyl (C=O) groups excluding carboxylic acids is 1. The first-order valence-corrected chi connectivity index (χ1v) is 10.0. The molecule has 0 saturated heterocycles. The third kappa shape index (κ3) is 5.80. The highest BCUT2D eigenvalue weighted by Gasteiger charge is 2.21. The maximum absolute atomic E-state index is 13.1. The zero-order valence-electron chi connectivity index (χ0n) is 18.4. The first-order chi connectivity index (χ1) is 15.1. The average Bonchev–Trinajstić information content (AvgIpc) is 3.27. The van der Waals surface area contributed by atoms with Gasteiger partial charge in [0.2, 0.25) is 12.7 Å². The van der Waals surface area contributed by atoms with Gasteiger partial charge in [0, 0.05) is 20.8 Å². The van der Waals surface area contributed by atoms with Gasteiger partial charge in [-0.1, -0.05) is 12.1 Å². The Morgan fingerprint density at radius 3 is 2.35 bits per heavy atom. The number of benzene rings is 2. The van der Waals surface area contributed by atoms with E-state index in [0.717, 1.165) is 11.1 Å². The van der Waals surface area contributed by atoms with Gasteiger partial charge in [-0.3, -0.25) is 4.79 Å². The van der Waals surface area contributed by atoms with Gasteiger partial charge in [0.25, 0.3) is 0 Å². The Labute approximate surface area is 182 Å². The van der Waals surface area contributed by atoms with Crippen LogP contribution in [0.25, 0.3) is 0 Å². The van der Waals surface area contributed by atoms with Gasteiger partial charge in [0.1, 0.15) is 0 Å². The van der Waals surface area contributed by atoms with Crippen molar-refractivity contribution in [2.45, 2.75) is 19.1 Å². The molecule has 1 amide bonds. The summed E-state index contributed by atoms with van der Waals surface area (Å²) >= 11 is 0. The van der Waals surface area contributed by atoms with Crippen molar-refractivity contribution in [1.82, 2.24) is 4.90 Å². The van der Waals surface area contributed by atoms with Crippen molar-refractivity contribution < 1.29 is 33.2 Å². The van der Waals surface area contributed by atoms with Crippen molar-refractivity contribution in [3.63, 3.8) is 0 Å². The molecule has 168 valence electrons. The molecule has 1 aliphatic heterocycles. The van der Waals surface area contributed by atoms with E-state index in [4.69, 9.17) is 28.4 Å². The Balaban J connectivity index is 1.70. The third-order valence-electron chi connectivity index (χ3n) is 5.16. The van der Waals surface area contributed by atoms with E-state index in [-0.39, 0.29) is 19.1 Å².